The predicted molar refractivity (Wildman–Crippen MR) is 128 cm³/mol. The van der Waals surface area contributed by atoms with Crippen LogP contribution in [0, 0.1) is 0 Å². The molecule has 5 rings (SSSR count). The van der Waals surface area contributed by atoms with E-state index < -0.39 is 11.8 Å². The Kier molecular flexibility index (Phi) is 6.23. The van der Waals surface area contributed by atoms with Crippen LogP contribution in [0.5, 0.6) is 0 Å². The Morgan fingerprint density at radius 3 is 2.57 bits per heavy atom. The SMILES string of the molecule is O=C(CCc1nc(-c2ccc(Cl)cc2)no1)NNC(=O)c1cc(-c2ccco2)nc2ccccc12. The molecule has 0 atom stereocenters. The third kappa shape index (κ3) is 5.04. The number of pyridine rings is 1. The number of nitrogens with one attached hydrogen (secondary N) is 2. The normalized spacial score (nSPS) is 10.9. The number of benzene rings is 2. The van der Waals surface area contributed by atoms with Crippen LogP contribution >= 0.6 is 11.6 Å². The summed E-state index contributed by atoms with van der Waals surface area (Å²) in [5.41, 5.74) is 7.13. The minimum absolute atomic E-state index is 0.0390. The Labute approximate surface area is 204 Å². The van der Waals surface area contributed by atoms with E-state index in [0.29, 0.717) is 44.7 Å². The molecule has 0 saturated heterocycles. The number of fused-ring (bicyclic) bond motifs is 1. The predicted octanol–water partition coefficient (Wildman–Crippen LogP) is 4.59. The molecule has 35 heavy (non-hydrogen) atoms. The number of halogens is 1. The molecule has 0 bridgehead atoms. The van der Waals surface area contributed by atoms with Crippen molar-refractivity contribution in [3.8, 4) is 22.8 Å². The van der Waals surface area contributed by atoms with E-state index in [0.717, 1.165) is 5.56 Å². The van der Waals surface area contributed by atoms with E-state index in [-0.39, 0.29) is 12.8 Å². The first-order valence-corrected chi connectivity index (χ1v) is 11.1. The van der Waals surface area contributed by atoms with E-state index in [2.05, 4.69) is 26.0 Å². The smallest absolute Gasteiger partial charge is 0.270 e. The van der Waals surface area contributed by atoms with Crippen LogP contribution in [0.2, 0.25) is 5.02 Å². The highest BCUT2D eigenvalue weighted by atomic mass is 35.5. The number of furan rings is 1. The lowest BCUT2D eigenvalue weighted by atomic mass is 10.1. The monoisotopic (exact) mass is 487 g/mol. The maximum atomic E-state index is 12.9. The molecule has 0 unspecified atom stereocenters. The van der Waals surface area contributed by atoms with Crippen molar-refractivity contribution >= 4 is 34.3 Å². The number of aromatic nitrogens is 3. The third-order valence-corrected chi connectivity index (χ3v) is 5.44. The molecule has 0 fully saturated rings. The second-order valence-electron chi connectivity index (χ2n) is 7.57. The number of hydrazine groups is 1. The van der Waals surface area contributed by atoms with Gasteiger partial charge in [-0.05, 0) is 48.5 Å². The van der Waals surface area contributed by atoms with Gasteiger partial charge in [-0.15, -0.1) is 0 Å². The van der Waals surface area contributed by atoms with Crippen LogP contribution in [-0.4, -0.2) is 26.9 Å². The fraction of sp³-hybridized carbons (Fsp3) is 0.0800. The molecule has 5 aromatic rings. The van der Waals surface area contributed by atoms with Crippen LogP contribution < -0.4 is 10.9 Å². The third-order valence-electron chi connectivity index (χ3n) is 5.19. The average molecular weight is 488 g/mol. The van der Waals surface area contributed by atoms with Gasteiger partial charge >= 0.3 is 0 Å². The summed E-state index contributed by atoms with van der Waals surface area (Å²) in [4.78, 5) is 34.1. The molecule has 3 aromatic heterocycles. The number of nitrogens with zero attached hydrogens (tertiary/aromatic N) is 3. The first-order valence-electron chi connectivity index (χ1n) is 10.7. The van der Waals surface area contributed by atoms with Gasteiger partial charge in [-0.25, -0.2) is 4.98 Å². The molecule has 0 aliphatic rings. The van der Waals surface area contributed by atoms with Crippen molar-refractivity contribution in [1.29, 1.82) is 0 Å². The van der Waals surface area contributed by atoms with E-state index in [1.807, 2.05) is 12.1 Å². The van der Waals surface area contributed by atoms with Gasteiger partial charge in [0.1, 0.15) is 5.69 Å². The van der Waals surface area contributed by atoms with Crippen LogP contribution in [0.1, 0.15) is 22.7 Å². The quantitative estimate of drug-likeness (QED) is 0.336. The second kappa shape index (κ2) is 9.78. The molecule has 9 nitrogen and oxygen atoms in total. The topological polar surface area (TPSA) is 123 Å². The van der Waals surface area contributed by atoms with Crippen molar-refractivity contribution < 1.29 is 18.5 Å². The Balaban J connectivity index is 1.22. The Hall–Kier alpha value is -4.50. The van der Waals surface area contributed by atoms with Gasteiger partial charge in [0.05, 0.1) is 17.3 Å². The summed E-state index contributed by atoms with van der Waals surface area (Å²) >= 11 is 5.89. The van der Waals surface area contributed by atoms with Crippen LogP contribution in [-0.2, 0) is 11.2 Å². The number of hydrogen-bond acceptors (Lipinski definition) is 7. The van der Waals surface area contributed by atoms with Gasteiger partial charge in [-0.2, -0.15) is 4.98 Å². The van der Waals surface area contributed by atoms with Crippen molar-refractivity contribution in [3.05, 3.63) is 89.5 Å². The summed E-state index contributed by atoms with van der Waals surface area (Å²) in [6.45, 7) is 0. The Bertz CT molecular complexity index is 1500. The second-order valence-corrected chi connectivity index (χ2v) is 8.01. The van der Waals surface area contributed by atoms with E-state index >= 15 is 0 Å². The maximum absolute atomic E-state index is 12.9. The van der Waals surface area contributed by atoms with Gasteiger partial charge in [0.15, 0.2) is 5.76 Å². The van der Waals surface area contributed by atoms with Crippen LogP contribution in [0.25, 0.3) is 33.7 Å². The molecular formula is C25H18ClN5O4. The molecule has 10 heteroatoms. The zero-order valence-corrected chi connectivity index (χ0v) is 19.0. The number of para-hydroxylation sites is 1. The van der Waals surface area contributed by atoms with Gasteiger partial charge in [0.25, 0.3) is 5.91 Å². The number of carbonyl (C=O) groups is 2. The molecule has 0 aliphatic heterocycles. The van der Waals surface area contributed by atoms with Gasteiger partial charge in [0.2, 0.25) is 17.6 Å². The molecule has 2 N–H and O–H groups in total. The standard InChI is InChI=1S/C25H18ClN5O4/c26-16-9-7-15(8-10-16)24-28-23(35-31-24)12-11-22(32)29-30-25(33)18-14-20(21-6-3-13-34-21)27-19-5-2-1-4-17(18)19/h1-10,13-14H,11-12H2,(H,29,32)(H,30,33). The van der Waals surface area contributed by atoms with Crippen molar-refractivity contribution in [2.24, 2.45) is 0 Å². The average Bonchev–Trinajstić information content (AvgIpc) is 3.59. The number of amides is 2. The summed E-state index contributed by atoms with van der Waals surface area (Å²) in [6, 6.07) is 19.4. The lowest BCUT2D eigenvalue weighted by Crippen LogP contribution is -2.41. The fourth-order valence-electron chi connectivity index (χ4n) is 3.46. The molecule has 2 amide bonds. The van der Waals surface area contributed by atoms with E-state index in [1.165, 1.54) is 6.26 Å². The highest BCUT2D eigenvalue weighted by Gasteiger charge is 2.16. The number of carbonyl (C=O) groups excluding carboxylic acids is 2. The minimum atomic E-state index is -0.479. The highest BCUT2D eigenvalue weighted by molar-refractivity contribution is 6.30. The molecule has 0 radical (unpaired) electrons. The highest BCUT2D eigenvalue weighted by Crippen LogP contribution is 2.25. The Morgan fingerprint density at radius 1 is 0.943 bits per heavy atom. The maximum Gasteiger partial charge on any atom is 0.270 e. The van der Waals surface area contributed by atoms with Crippen LogP contribution in [0.15, 0.2) is 81.9 Å². The van der Waals surface area contributed by atoms with Gasteiger partial charge < -0.3 is 8.94 Å². The number of hydrogen-bond donors (Lipinski definition) is 2. The molecule has 0 aliphatic carbocycles. The van der Waals surface area contributed by atoms with Gasteiger partial charge in [-0.1, -0.05) is 35.0 Å². The van der Waals surface area contributed by atoms with Gasteiger partial charge in [-0.3, -0.25) is 20.4 Å². The van der Waals surface area contributed by atoms with Crippen LogP contribution in [0.3, 0.4) is 0 Å². The van der Waals surface area contributed by atoms with Crippen molar-refractivity contribution in [2.75, 3.05) is 0 Å². The van der Waals surface area contributed by atoms with E-state index in [9.17, 15) is 9.59 Å². The minimum Gasteiger partial charge on any atom is -0.463 e. The van der Waals surface area contributed by atoms with E-state index in [1.54, 1.807) is 54.6 Å². The summed E-state index contributed by atoms with van der Waals surface area (Å²) in [5, 5.41) is 5.18. The molecule has 0 spiro atoms. The molecular weight excluding hydrogens is 470 g/mol. The molecule has 174 valence electrons. The fourth-order valence-corrected chi connectivity index (χ4v) is 3.59. The lowest BCUT2D eigenvalue weighted by Gasteiger charge is -2.10. The zero-order chi connectivity index (χ0) is 24.2. The summed E-state index contributed by atoms with van der Waals surface area (Å²) in [7, 11) is 0. The van der Waals surface area contributed by atoms with Crippen molar-refractivity contribution in [3.63, 3.8) is 0 Å². The largest absolute Gasteiger partial charge is 0.463 e. The van der Waals surface area contributed by atoms with Crippen LogP contribution in [0.4, 0.5) is 0 Å². The molecule has 3 heterocycles. The lowest BCUT2D eigenvalue weighted by molar-refractivity contribution is -0.121. The summed E-state index contributed by atoms with van der Waals surface area (Å²) < 4.78 is 10.6. The summed E-state index contributed by atoms with van der Waals surface area (Å²) in [5.74, 6) is 0.357. The molecule has 2 aromatic carbocycles. The van der Waals surface area contributed by atoms with Crippen molar-refractivity contribution in [2.45, 2.75) is 12.8 Å². The first-order chi connectivity index (χ1) is 17.1. The Morgan fingerprint density at radius 2 is 1.77 bits per heavy atom. The first kappa shape index (κ1) is 22.3. The number of aryl methyl sites for hydroxylation is 1. The number of rotatable bonds is 6. The van der Waals surface area contributed by atoms with Crippen molar-refractivity contribution in [1.82, 2.24) is 26.0 Å². The van der Waals surface area contributed by atoms with E-state index in [4.69, 9.17) is 20.5 Å². The zero-order valence-electron chi connectivity index (χ0n) is 18.2. The van der Waals surface area contributed by atoms with Gasteiger partial charge in [0, 0.05) is 28.8 Å². The molecule has 0 saturated carbocycles. The summed E-state index contributed by atoms with van der Waals surface area (Å²) in [6.07, 6.45) is 1.79.